The van der Waals surface area contributed by atoms with Crippen molar-refractivity contribution in [1.82, 2.24) is 4.57 Å². The number of para-hydroxylation sites is 2. The number of carbonyl (C=O) groups excluding carboxylic acids is 1. The highest BCUT2D eigenvalue weighted by molar-refractivity contribution is 6.16. The molecule has 4 aromatic rings. The average molecular weight is 462 g/mol. The summed E-state index contributed by atoms with van der Waals surface area (Å²) in [6.45, 7) is 1.72. The van der Waals surface area contributed by atoms with E-state index in [1.807, 2.05) is 73.7 Å². The van der Waals surface area contributed by atoms with Crippen LogP contribution >= 0.6 is 0 Å². The average Bonchev–Trinajstić information content (AvgIpc) is 3.07. The van der Waals surface area contributed by atoms with Gasteiger partial charge in [0.1, 0.15) is 18.2 Å². The molecule has 0 bridgehead atoms. The number of hydrogen-bond donors (Lipinski definition) is 1. The highest BCUT2D eigenvalue weighted by Crippen LogP contribution is 2.37. The zero-order valence-corrected chi connectivity index (χ0v) is 19.2. The van der Waals surface area contributed by atoms with Crippen molar-refractivity contribution in [3.05, 3.63) is 101 Å². The maximum atomic E-state index is 13.9. The predicted molar refractivity (Wildman–Crippen MR) is 135 cm³/mol. The number of nitrogens with zero attached hydrogens (tertiary/aromatic N) is 3. The van der Waals surface area contributed by atoms with Crippen LogP contribution in [-0.2, 0) is 29.0 Å². The van der Waals surface area contributed by atoms with Crippen molar-refractivity contribution >= 4 is 40.2 Å². The molecule has 1 aliphatic rings. The lowest BCUT2D eigenvalue weighted by atomic mass is 10.0. The van der Waals surface area contributed by atoms with Gasteiger partial charge < -0.3 is 9.67 Å². The first-order chi connectivity index (χ1) is 17.0. The molecule has 1 amide bonds. The number of aromatic nitrogens is 1. The van der Waals surface area contributed by atoms with Gasteiger partial charge in [-0.15, -0.1) is 0 Å². The van der Waals surface area contributed by atoms with Crippen molar-refractivity contribution in [1.29, 1.82) is 5.26 Å². The van der Waals surface area contributed by atoms with Crippen molar-refractivity contribution in [3.63, 3.8) is 0 Å². The molecule has 0 aliphatic carbocycles. The fourth-order valence-electron chi connectivity index (χ4n) is 4.74. The minimum Gasteiger partial charge on any atom is -0.480 e. The van der Waals surface area contributed by atoms with E-state index in [-0.39, 0.29) is 12.1 Å². The molecule has 1 aromatic heterocycles. The molecule has 3 aromatic carbocycles. The van der Waals surface area contributed by atoms with Crippen molar-refractivity contribution in [3.8, 4) is 6.07 Å². The van der Waals surface area contributed by atoms with Crippen LogP contribution in [0.15, 0.2) is 78.5 Å². The van der Waals surface area contributed by atoms with Gasteiger partial charge in [0.2, 0.25) is 0 Å². The molecule has 0 fully saturated rings. The molecule has 6 nitrogen and oxygen atoms in total. The lowest BCUT2D eigenvalue weighted by molar-refractivity contribution is -0.137. The Bertz CT molecular complexity index is 1510. The van der Waals surface area contributed by atoms with Crippen LogP contribution in [0.3, 0.4) is 0 Å². The van der Waals surface area contributed by atoms with Crippen LogP contribution in [0.5, 0.6) is 0 Å². The number of carboxylic acid groups (broad SMARTS) is 1. The highest BCUT2D eigenvalue weighted by atomic mass is 16.4. The quantitative estimate of drug-likeness (QED) is 0.325. The molecule has 5 rings (SSSR count). The molecule has 2 heterocycles. The van der Waals surface area contributed by atoms with Gasteiger partial charge in [0.25, 0.3) is 5.91 Å². The van der Waals surface area contributed by atoms with E-state index >= 15 is 0 Å². The maximum Gasteiger partial charge on any atom is 0.323 e. The second kappa shape index (κ2) is 8.96. The van der Waals surface area contributed by atoms with Crippen molar-refractivity contribution < 1.29 is 14.7 Å². The van der Waals surface area contributed by atoms with E-state index in [0.717, 1.165) is 51.8 Å². The molecule has 0 atom stereocenters. The Balaban J connectivity index is 1.65. The number of benzene rings is 3. The third-order valence-electron chi connectivity index (χ3n) is 6.36. The highest BCUT2D eigenvalue weighted by Gasteiger charge is 2.28. The Morgan fingerprint density at radius 2 is 1.63 bits per heavy atom. The molecule has 1 N–H and O–H groups in total. The molecule has 172 valence electrons. The summed E-state index contributed by atoms with van der Waals surface area (Å²) in [5, 5.41) is 20.2. The number of aliphatic carboxylic acids is 1. The van der Waals surface area contributed by atoms with Gasteiger partial charge in [-0.3, -0.25) is 14.5 Å². The summed E-state index contributed by atoms with van der Waals surface area (Å²) in [7, 11) is 0. The van der Waals surface area contributed by atoms with Crippen molar-refractivity contribution in [2.75, 3.05) is 4.90 Å². The maximum absolute atomic E-state index is 13.9. The van der Waals surface area contributed by atoms with Crippen LogP contribution in [0.2, 0.25) is 0 Å². The van der Waals surface area contributed by atoms with Gasteiger partial charge >= 0.3 is 5.97 Å². The first-order valence-corrected chi connectivity index (χ1v) is 11.4. The van der Waals surface area contributed by atoms with Crippen molar-refractivity contribution in [2.24, 2.45) is 0 Å². The van der Waals surface area contributed by atoms with E-state index in [2.05, 4.69) is 6.07 Å². The summed E-state index contributed by atoms with van der Waals surface area (Å²) in [6.07, 6.45) is 4.84. The summed E-state index contributed by atoms with van der Waals surface area (Å²) >= 11 is 0. The zero-order valence-electron chi connectivity index (χ0n) is 19.2. The lowest BCUT2D eigenvalue weighted by Crippen LogP contribution is -2.28. The molecule has 6 heteroatoms. The second-order valence-corrected chi connectivity index (χ2v) is 8.69. The van der Waals surface area contributed by atoms with Crippen LogP contribution in [0.25, 0.3) is 17.0 Å². The van der Waals surface area contributed by atoms with Crippen LogP contribution in [-0.4, -0.2) is 21.6 Å². The molecule has 0 radical (unpaired) electrons. The Labute approximate surface area is 203 Å². The Kier molecular flexibility index (Phi) is 5.68. The van der Waals surface area contributed by atoms with E-state index in [9.17, 15) is 20.0 Å². The number of amides is 1. The van der Waals surface area contributed by atoms with Gasteiger partial charge in [-0.25, -0.2) is 0 Å². The predicted octanol–water partition coefficient (Wildman–Crippen LogP) is 5.40. The van der Waals surface area contributed by atoms with Gasteiger partial charge in [-0.2, -0.15) is 5.26 Å². The third-order valence-corrected chi connectivity index (χ3v) is 6.36. The number of anilines is 2. The smallest absolute Gasteiger partial charge is 0.323 e. The molecular formula is C29H23N3O3. The largest absolute Gasteiger partial charge is 0.480 e. The minimum atomic E-state index is -0.965. The normalized spacial score (nSPS) is 13.0. The number of rotatable bonds is 4. The van der Waals surface area contributed by atoms with Gasteiger partial charge in [-0.05, 0) is 60.7 Å². The van der Waals surface area contributed by atoms with E-state index in [1.165, 1.54) is 0 Å². The van der Waals surface area contributed by atoms with E-state index in [1.54, 1.807) is 21.7 Å². The molecule has 0 unspecified atom stereocenters. The lowest BCUT2D eigenvalue weighted by Gasteiger charge is -2.24. The first-order valence-electron chi connectivity index (χ1n) is 11.4. The summed E-state index contributed by atoms with van der Waals surface area (Å²) in [5.74, 6) is -1.38. The SMILES string of the molecule is Cc1ccc2c(/C=C(\C#N)C(=O)N3c4ccccc4CCc4ccccc43)cn(CC(=O)O)c2c1. The summed E-state index contributed by atoms with van der Waals surface area (Å²) in [4.78, 5) is 27.0. The van der Waals surface area contributed by atoms with Crippen LogP contribution in [0, 0.1) is 18.3 Å². The summed E-state index contributed by atoms with van der Waals surface area (Å²) < 4.78 is 1.63. The van der Waals surface area contributed by atoms with E-state index in [4.69, 9.17) is 0 Å². The number of carboxylic acids is 1. The fourth-order valence-corrected chi connectivity index (χ4v) is 4.74. The standard InChI is InChI=1S/C29H23N3O3/c1-19-10-13-24-23(17-31(18-28(33)34)27(24)14-19)15-22(16-30)29(35)32-25-8-4-2-6-20(25)11-12-21-7-3-5-9-26(21)32/h2-10,13-15,17H,11-12,18H2,1H3,(H,33,34)/b22-15+. The molecule has 1 aliphatic heterocycles. The first kappa shape index (κ1) is 22.2. The molecular weight excluding hydrogens is 438 g/mol. The Morgan fingerprint density at radius 1 is 1.00 bits per heavy atom. The van der Waals surface area contributed by atoms with Gasteiger partial charge in [0, 0.05) is 22.7 Å². The number of aryl methyl sites for hydroxylation is 3. The van der Waals surface area contributed by atoms with Crippen LogP contribution in [0.4, 0.5) is 11.4 Å². The zero-order chi connectivity index (χ0) is 24.5. The van der Waals surface area contributed by atoms with Gasteiger partial charge in [0.15, 0.2) is 0 Å². The van der Waals surface area contributed by atoms with Crippen LogP contribution in [0.1, 0.15) is 22.3 Å². The van der Waals surface area contributed by atoms with Gasteiger partial charge in [-0.1, -0.05) is 48.5 Å². The Hall–Kier alpha value is -4.63. The molecule has 0 saturated heterocycles. The molecule has 0 saturated carbocycles. The monoisotopic (exact) mass is 461 g/mol. The van der Waals surface area contributed by atoms with Crippen LogP contribution < -0.4 is 4.90 Å². The number of nitriles is 1. The molecule has 35 heavy (non-hydrogen) atoms. The molecule has 0 spiro atoms. The summed E-state index contributed by atoms with van der Waals surface area (Å²) in [6, 6.07) is 23.4. The number of fused-ring (bicyclic) bond motifs is 3. The third kappa shape index (κ3) is 4.09. The van der Waals surface area contributed by atoms with E-state index < -0.39 is 11.9 Å². The van der Waals surface area contributed by atoms with Gasteiger partial charge in [0.05, 0.1) is 11.4 Å². The fraction of sp³-hybridized carbons (Fsp3) is 0.138. The Morgan fingerprint density at radius 3 is 2.23 bits per heavy atom. The summed E-state index contributed by atoms with van der Waals surface area (Å²) in [5.41, 5.74) is 5.97. The van der Waals surface area contributed by atoms with E-state index in [0.29, 0.717) is 5.56 Å². The number of hydrogen-bond acceptors (Lipinski definition) is 3. The topological polar surface area (TPSA) is 86.3 Å². The second-order valence-electron chi connectivity index (χ2n) is 8.69. The van der Waals surface area contributed by atoms with Crippen molar-refractivity contribution in [2.45, 2.75) is 26.3 Å². The minimum absolute atomic E-state index is 0.0218. The number of carbonyl (C=O) groups is 2.